The zero-order valence-electron chi connectivity index (χ0n) is 16.1. The van der Waals surface area contributed by atoms with Crippen LogP contribution in [0.5, 0.6) is 5.75 Å². The number of fused-ring (bicyclic) bond motifs is 2. The Morgan fingerprint density at radius 1 is 1.38 bits per heavy atom. The van der Waals surface area contributed by atoms with Crippen LogP contribution in [0, 0.1) is 11.8 Å². The van der Waals surface area contributed by atoms with E-state index in [4.69, 9.17) is 10.5 Å². The summed E-state index contributed by atoms with van der Waals surface area (Å²) >= 11 is 0. The van der Waals surface area contributed by atoms with Gasteiger partial charge in [0.05, 0.1) is 0 Å². The minimum atomic E-state index is -0.367. The normalized spacial score (nSPS) is 21.7. The van der Waals surface area contributed by atoms with Gasteiger partial charge in [0.15, 0.2) is 0 Å². The topological polar surface area (TPSA) is 55.6 Å². The van der Waals surface area contributed by atoms with Gasteiger partial charge in [-0.25, -0.2) is 0 Å². The molecule has 4 nitrogen and oxygen atoms in total. The molecule has 0 aromatic heterocycles. The van der Waals surface area contributed by atoms with Crippen LogP contribution in [0.25, 0.3) is 0 Å². The summed E-state index contributed by atoms with van der Waals surface area (Å²) in [5.41, 5.74) is 8.60. The minimum Gasteiger partial charge on any atom is -0.485 e. The molecule has 2 atom stereocenters. The fourth-order valence-corrected chi connectivity index (χ4v) is 3.64. The van der Waals surface area contributed by atoms with Gasteiger partial charge in [-0.2, -0.15) is 0 Å². The van der Waals surface area contributed by atoms with Gasteiger partial charge in [-0.05, 0) is 62.0 Å². The van der Waals surface area contributed by atoms with Crippen molar-refractivity contribution in [2.24, 2.45) is 17.6 Å². The highest BCUT2D eigenvalue weighted by Gasteiger charge is 2.27. The predicted octanol–water partition coefficient (Wildman–Crippen LogP) is 3.46. The first-order chi connectivity index (χ1) is 12.4. The molecule has 140 valence electrons. The number of hydrogen-bond acceptors (Lipinski definition) is 3. The fraction of sp³-hybridized carbons (Fsp3) is 0.500. The standard InChI is InChI=1S/C22H30N2O2/c1-15(2)10-11-24(3)14-16-4-8-20-17(12-16)5-6-18-13-19(22(23)25)7-9-21(18)26-20/h4,7-9,12-13,15,18,21H,5-6,10-11,14H2,1-3H3,(H2,23,25). The largest absolute Gasteiger partial charge is 0.485 e. The zero-order chi connectivity index (χ0) is 18.7. The lowest BCUT2D eigenvalue weighted by atomic mass is 9.89. The average Bonchev–Trinajstić information content (AvgIpc) is 2.78. The molecule has 26 heavy (non-hydrogen) atoms. The highest BCUT2D eigenvalue weighted by atomic mass is 16.5. The molecule has 0 spiro atoms. The second-order valence-corrected chi connectivity index (χ2v) is 7.99. The van der Waals surface area contributed by atoms with Gasteiger partial charge in [0.25, 0.3) is 0 Å². The summed E-state index contributed by atoms with van der Waals surface area (Å²) in [5, 5.41) is 0. The maximum absolute atomic E-state index is 11.4. The van der Waals surface area contributed by atoms with Gasteiger partial charge >= 0.3 is 0 Å². The van der Waals surface area contributed by atoms with Gasteiger partial charge in [-0.3, -0.25) is 4.79 Å². The lowest BCUT2D eigenvalue weighted by molar-refractivity contribution is -0.114. The van der Waals surface area contributed by atoms with E-state index in [-0.39, 0.29) is 17.9 Å². The molecule has 3 rings (SSSR count). The molecule has 2 N–H and O–H groups in total. The lowest BCUT2D eigenvalue weighted by Gasteiger charge is -2.24. The molecule has 1 aliphatic heterocycles. The number of nitrogens with two attached hydrogens (primary N) is 1. The molecule has 1 aromatic rings. The highest BCUT2D eigenvalue weighted by Crippen LogP contribution is 2.34. The molecule has 1 aliphatic carbocycles. The third-order valence-corrected chi connectivity index (χ3v) is 5.24. The van der Waals surface area contributed by atoms with Crippen LogP contribution in [-0.2, 0) is 17.8 Å². The first kappa shape index (κ1) is 18.7. The fourth-order valence-electron chi connectivity index (χ4n) is 3.64. The quantitative estimate of drug-likeness (QED) is 0.851. The summed E-state index contributed by atoms with van der Waals surface area (Å²) in [6, 6.07) is 6.55. The number of aryl methyl sites for hydroxylation is 1. The third kappa shape index (κ3) is 4.55. The Balaban J connectivity index is 1.69. The van der Waals surface area contributed by atoms with Crippen LogP contribution in [0.15, 0.2) is 42.0 Å². The van der Waals surface area contributed by atoms with Crippen LogP contribution >= 0.6 is 0 Å². The molecule has 0 bridgehead atoms. The van der Waals surface area contributed by atoms with Crippen molar-refractivity contribution in [3.05, 3.63) is 53.1 Å². The molecule has 2 unspecified atom stereocenters. The number of amides is 1. The molecule has 0 saturated heterocycles. The van der Waals surface area contributed by atoms with E-state index >= 15 is 0 Å². The molecule has 2 aliphatic rings. The van der Waals surface area contributed by atoms with E-state index in [1.165, 1.54) is 17.5 Å². The van der Waals surface area contributed by atoms with Gasteiger partial charge < -0.3 is 15.4 Å². The Labute approximate surface area is 156 Å². The summed E-state index contributed by atoms with van der Waals surface area (Å²) in [4.78, 5) is 13.8. The number of carbonyl (C=O) groups excluding carboxylic acids is 1. The van der Waals surface area contributed by atoms with E-state index in [9.17, 15) is 4.79 Å². The maximum Gasteiger partial charge on any atom is 0.248 e. The Morgan fingerprint density at radius 2 is 2.19 bits per heavy atom. The van der Waals surface area contributed by atoms with E-state index < -0.39 is 0 Å². The van der Waals surface area contributed by atoms with Crippen molar-refractivity contribution in [1.29, 1.82) is 0 Å². The first-order valence-electron chi connectivity index (χ1n) is 9.59. The van der Waals surface area contributed by atoms with Gasteiger partial charge in [0.2, 0.25) is 5.91 Å². The summed E-state index contributed by atoms with van der Waals surface area (Å²) in [6.45, 7) is 6.60. The Morgan fingerprint density at radius 3 is 2.92 bits per heavy atom. The van der Waals surface area contributed by atoms with Crippen LogP contribution in [0.1, 0.15) is 37.8 Å². The maximum atomic E-state index is 11.4. The van der Waals surface area contributed by atoms with Gasteiger partial charge in [-0.15, -0.1) is 0 Å². The number of rotatable bonds is 6. The summed E-state index contributed by atoms with van der Waals surface area (Å²) in [6.07, 6.45) is 8.84. The smallest absolute Gasteiger partial charge is 0.248 e. The predicted molar refractivity (Wildman–Crippen MR) is 105 cm³/mol. The van der Waals surface area contributed by atoms with E-state index in [1.807, 2.05) is 12.2 Å². The molecule has 4 heteroatoms. The number of ether oxygens (including phenoxy) is 1. The molecule has 0 radical (unpaired) electrons. The van der Waals surface area contributed by atoms with Crippen molar-refractivity contribution in [1.82, 2.24) is 4.90 Å². The molecule has 0 saturated carbocycles. The van der Waals surface area contributed by atoms with Crippen LogP contribution in [0.3, 0.4) is 0 Å². The summed E-state index contributed by atoms with van der Waals surface area (Å²) in [7, 11) is 2.18. The summed E-state index contributed by atoms with van der Waals surface area (Å²) in [5.74, 6) is 1.53. The monoisotopic (exact) mass is 354 g/mol. The Bertz CT molecular complexity index is 721. The van der Waals surface area contributed by atoms with Crippen molar-refractivity contribution < 1.29 is 9.53 Å². The molecule has 1 aromatic carbocycles. The summed E-state index contributed by atoms with van der Waals surface area (Å²) < 4.78 is 6.23. The third-order valence-electron chi connectivity index (χ3n) is 5.24. The second-order valence-electron chi connectivity index (χ2n) is 7.99. The van der Waals surface area contributed by atoms with Crippen molar-refractivity contribution in [2.75, 3.05) is 13.6 Å². The first-order valence-corrected chi connectivity index (χ1v) is 9.59. The van der Waals surface area contributed by atoms with Crippen LogP contribution < -0.4 is 10.5 Å². The van der Waals surface area contributed by atoms with Crippen LogP contribution in [0.2, 0.25) is 0 Å². The van der Waals surface area contributed by atoms with E-state index in [2.05, 4.69) is 44.0 Å². The molecule has 0 fully saturated rings. The van der Waals surface area contributed by atoms with E-state index in [0.29, 0.717) is 5.57 Å². The highest BCUT2D eigenvalue weighted by molar-refractivity contribution is 5.95. The molecular formula is C22H30N2O2. The number of benzene rings is 1. The van der Waals surface area contributed by atoms with Crippen molar-refractivity contribution in [2.45, 2.75) is 45.8 Å². The molecule has 1 heterocycles. The lowest BCUT2D eigenvalue weighted by Crippen LogP contribution is -2.27. The zero-order valence-corrected chi connectivity index (χ0v) is 16.1. The number of nitrogens with zero attached hydrogens (tertiary/aromatic N) is 1. The molecule has 1 amide bonds. The van der Waals surface area contributed by atoms with Gasteiger partial charge in [-0.1, -0.05) is 38.1 Å². The van der Waals surface area contributed by atoms with E-state index in [1.54, 1.807) is 6.08 Å². The second kappa shape index (κ2) is 8.09. The minimum absolute atomic E-state index is 0.0149. The average molecular weight is 354 g/mol. The Kier molecular flexibility index (Phi) is 5.82. The van der Waals surface area contributed by atoms with Crippen molar-refractivity contribution >= 4 is 5.91 Å². The van der Waals surface area contributed by atoms with E-state index in [0.717, 1.165) is 37.6 Å². The van der Waals surface area contributed by atoms with Crippen LogP contribution in [0.4, 0.5) is 0 Å². The van der Waals surface area contributed by atoms with Gasteiger partial charge in [0.1, 0.15) is 11.9 Å². The SMILES string of the molecule is CC(C)CCN(C)Cc1ccc2c(c1)CCC1C=C(C(N)=O)C=CC1O2. The Hall–Kier alpha value is -2.07. The van der Waals surface area contributed by atoms with Crippen LogP contribution in [-0.4, -0.2) is 30.5 Å². The van der Waals surface area contributed by atoms with Crippen molar-refractivity contribution in [3.8, 4) is 5.75 Å². The number of carbonyl (C=O) groups is 1. The molecular weight excluding hydrogens is 324 g/mol. The van der Waals surface area contributed by atoms with Gasteiger partial charge in [0, 0.05) is 18.0 Å². The van der Waals surface area contributed by atoms with Crippen molar-refractivity contribution in [3.63, 3.8) is 0 Å². The number of hydrogen-bond donors (Lipinski definition) is 1. The number of primary amides is 1.